The zero-order chi connectivity index (χ0) is 17.7. The van der Waals surface area contributed by atoms with Gasteiger partial charge in [0.05, 0.1) is 5.92 Å². The van der Waals surface area contributed by atoms with Crippen LogP contribution in [0.5, 0.6) is 0 Å². The molecule has 1 fully saturated rings. The number of para-hydroxylation sites is 1. The van der Waals surface area contributed by atoms with Crippen LogP contribution >= 0.6 is 0 Å². The van der Waals surface area contributed by atoms with Gasteiger partial charge in [0.2, 0.25) is 5.91 Å². The van der Waals surface area contributed by atoms with Crippen molar-refractivity contribution < 1.29 is 14.7 Å². The van der Waals surface area contributed by atoms with Crippen LogP contribution in [0.1, 0.15) is 58.4 Å². The Morgan fingerprint density at radius 3 is 2.33 bits per heavy atom. The van der Waals surface area contributed by atoms with E-state index in [2.05, 4.69) is 19.9 Å². The van der Waals surface area contributed by atoms with Crippen LogP contribution in [0.2, 0.25) is 0 Å². The van der Waals surface area contributed by atoms with Crippen molar-refractivity contribution in [3.05, 3.63) is 29.8 Å². The fourth-order valence-electron chi connectivity index (χ4n) is 3.64. The zero-order valence-electron chi connectivity index (χ0n) is 15.0. The Morgan fingerprint density at radius 1 is 1.17 bits per heavy atom. The number of hydrogen-bond acceptors (Lipinski definition) is 2. The number of rotatable bonds is 6. The minimum Gasteiger partial charge on any atom is -0.481 e. The van der Waals surface area contributed by atoms with E-state index in [9.17, 15) is 14.7 Å². The molecule has 0 spiro atoms. The third-order valence-corrected chi connectivity index (χ3v) is 4.86. The van der Waals surface area contributed by atoms with E-state index in [1.807, 2.05) is 30.0 Å². The van der Waals surface area contributed by atoms with E-state index < -0.39 is 5.97 Å². The SMILES string of the molecule is CCC(=O)N(c1ccccc1CC(C)C)[C@H]1CC[C@@H](C(=O)O)CC1. The summed E-state index contributed by atoms with van der Waals surface area (Å²) in [7, 11) is 0. The van der Waals surface area contributed by atoms with Gasteiger partial charge in [-0.1, -0.05) is 39.0 Å². The van der Waals surface area contributed by atoms with Crippen molar-refractivity contribution in [1.29, 1.82) is 0 Å². The van der Waals surface area contributed by atoms with E-state index in [0.717, 1.165) is 24.9 Å². The van der Waals surface area contributed by atoms with Crippen molar-refractivity contribution in [3.63, 3.8) is 0 Å². The Bertz CT molecular complexity index is 574. The highest BCUT2D eigenvalue weighted by Gasteiger charge is 2.32. The molecule has 24 heavy (non-hydrogen) atoms. The summed E-state index contributed by atoms with van der Waals surface area (Å²) in [4.78, 5) is 25.8. The molecule has 1 aromatic carbocycles. The standard InChI is InChI=1S/C20H29NO3/c1-4-19(22)21(17-11-9-15(10-12-17)20(23)24)18-8-6-5-7-16(18)13-14(2)3/h5-8,14-15,17H,4,9-13H2,1-3H3,(H,23,24)/t15-,17+. The van der Waals surface area contributed by atoms with Crippen LogP contribution in [-0.4, -0.2) is 23.0 Å². The van der Waals surface area contributed by atoms with E-state index in [1.54, 1.807) is 0 Å². The van der Waals surface area contributed by atoms with Crippen LogP contribution in [0.3, 0.4) is 0 Å². The van der Waals surface area contributed by atoms with Gasteiger partial charge >= 0.3 is 5.97 Å². The second-order valence-corrected chi connectivity index (χ2v) is 7.19. The number of nitrogens with zero attached hydrogens (tertiary/aromatic N) is 1. The van der Waals surface area contributed by atoms with Gasteiger partial charge < -0.3 is 10.0 Å². The molecule has 4 nitrogen and oxygen atoms in total. The number of carboxylic acids is 1. The molecule has 0 radical (unpaired) electrons. The molecular weight excluding hydrogens is 302 g/mol. The fraction of sp³-hybridized carbons (Fsp3) is 0.600. The monoisotopic (exact) mass is 331 g/mol. The van der Waals surface area contributed by atoms with Crippen molar-refractivity contribution in [1.82, 2.24) is 0 Å². The smallest absolute Gasteiger partial charge is 0.306 e. The number of hydrogen-bond donors (Lipinski definition) is 1. The number of amides is 1. The van der Waals surface area contributed by atoms with Gasteiger partial charge in [-0.2, -0.15) is 0 Å². The topological polar surface area (TPSA) is 57.6 Å². The first-order valence-corrected chi connectivity index (χ1v) is 9.06. The van der Waals surface area contributed by atoms with E-state index in [1.165, 1.54) is 5.56 Å². The third kappa shape index (κ3) is 4.37. The minimum absolute atomic E-state index is 0.112. The van der Waals surface area contributed by atoms with E-state index in [0.29, 0.717) is 25.2 Å². The van der Waals surface area contributed by atoms with Gasteiger partial charge in [-0.3, -0.25) is 9.59 Å². The molecule has 1 amide bonds. The van der Waals surface area contributed by atoms with Crippen molar-refractivity contribution in [2.45, 2.75) is 65.3 Å². The van der Waals surface area contributed by atoms with Crippen molar-refractivity contribution in [3.8, 4) is 0 Å². The van der Waals surface area contributed by atoms with Crippen LogP contribution in [0.25, 0.3) is 0 Å². The van der Waals surface area contributed by atoms with Gasteiger partial charge in [0, 0.05) is 18.2 Å². The van der Waals surface area contributed by atoms with E-state index in [-0.39, 0.29) is 17.9 Å². The molecule has 1 saturated carbocycles. The average molecular weight is 331 g/mol. The predicted molar refractivity (Wildman–Crippen MR) is 96.1 cm³/mol. The zero-order valence-corrected chi connectivity index (χ0v) is 15.0. The summed E-state index contributed by atoms with van der Waals surface area (Å²) >= 11 is 0. The summed E-state index contributed by atoms with van der Waals surface area (Å²) in [6.45, 7) is 6.25. The molecule has 0 atom stereocenters. The van der Waals surface area contributed by atoms with Crippen molar-refractivity contribution in [2.24, 2.45) is 11.8 Å². The summed E-state index contributed by atoms with van der Waals surface area (Å²) in [6.07, 6.45) is 4.24. The number of aliphatic carboxylic acids is 1. The molecule has 1 aliphatic carbocycles. The molecule has 0 bridgehead atoms. The molecule has 2 rings (SSSR count). The maximum absolute atomic E-state index is 12.7. The van der Waals surface area contributed by atoms with E-state index >= 15 is 0 Å². The Labute approximate surface area is 144 Å². The summed E-state index contributed by atoms with van der Waals surface area (Å²) in [5, 5.41) is 9.20. The van der Waals surface area contributed by atoms with Crippen molar-refractivity contribution >= 4 is 17.6 Å². The lowest BCUT2D eigenvalue weighted by atomic mass is 9.84. The average Bonchev–Trinajstić information content (AvgIpc) is 2.56. The van der Waals surface area contributed by atoms with Crippen LogP contribution < -0.4 is 4.90 Å². The van der Waals surface area contributed by atoms with Gasteiger partial charge in [0.1, 0.15) is 0 Å². The number of carboxylic acid groups (broad SMARTS) is 1. The van der Waals surface area contributed by atoms with Crippen LogP contribution in [0.15, 0.2) is 24.3 Å². The molecule has 1 N–H and O–H groups in total. The Balaban J connectivity index is 2.27. The highest BCUT2D eigenvalue weighted by molar-refractivity contribution is 5.94. The second-order valence-electron chi connectivity index (χ2n) is 7.19. The molecule has 0 unspecified atom stereocenters. The molecule has 0 aliphatic heterocycles. The first-order chi connectivity index (χ1) is 11.4. The van der Waals surface area contributed by atoms with Gasteiger partial charge in [-0.05, 0) is 49.7 Å². The second kappa shape index (κ2) is 8.32. The molecule has 0 aromatic heterocycles. The Hall–Kier alpha value is -1.84. The number of carbonyl (C=O) groups excluding carboxylic acids is 1. The number of anilines is 1. The molecule has 4 heteroatoms. The minimum atomic E-state index is -0.706. The number of benzene rings is 1. The van der Waals surface area contributed by atoms with Gasteiger partial charge in [0.25, 0.3) is 0 Å². The molecule has 132 valence electrons. The fourth-order valence-corrected chi connectivity index (χ4v) is 3.64. The molecule has 0 heterocycles. The predicted octanol–water partition coefficient (Wildman–Crippen LogP) is 4.27. The van der Waals surface area contributed by atoms with E-state index in [4.69, 9.17) is 0 Å². The number of carbonyl (C=O) groups is 2. The van der Waals surface area contributed by atoms with Crippen molar-refractivity contribution in [2.75, 3.05) is 4.90 Å². The molecular formula is C20H29NO3. The molecule has 1 aliphatic rings. The molecule has 0 saturated heterocycles. The summed E-state index contributed by atoms with van der Waals surface area (Å²) in [6, 6.07) is 8.26. The van der Waals surface area contributed by atoms with Gasteiger partial charge in [-0.25, -0.2) is 0 Å². The van der Waals surface area contributed by atoms with Crippen LogP contribution in [0.4, 0.5) is 5.69 Å². The van der Waals surface area contributed by atoms with Crippen LogP contribution in [-0.2, 0) is 16.0 Å². The Kier molecular flexibility index (Phi) is 6.41. The van der Waals surface area contributed by atoms with Gasteiger partial charge in [-0.15, -0.1) is 0 Å². The summed E-state index contributed by atoms with van der Waals surface area (Å²) < 4.78 is 0. The van der Waals surface area contributed by atoms with Crippen LogP contribution in [0, 0.1) is 11.8 Å². The first-order valence-electron chi connectivity index (χ1n) is 9.06. The first kappa shape index (κ1) is 18.5. The lowest BCUT2D eigenvalue weighted by Gasteiger charge is -2.37. The quantitative estimate of drug-likeness (QED) is 0.847. The maximum Gasteiger partial charge on any atom is 0.306 e. The largest absolute Gasteiger partial charge is 0.481 e. The lowest BCUT2D eigenvalue weighted by Crippen LogP contribution is -2.43. The summed E-state index contributed by atoms with van der Waals surface area (Å²) in [5.74, 6) is -0.315. The highest BCUT2D eigenvalue weighted by atomic mass is 16.4. The van der Waals surface area contributed by atoms with Gasteiger partial charge in [0.15, 0.2) is 0 Å². The summed E-state index contributed by atoms with van der Waals surface area (Å²) in [5.41, 5.74) is 2.21. The lowest BCUT2D eigenvalue weighted by molar-refractivity contribution is -0.142. The normalized spacial score (nSPS) is 20.8. The molecule has 1 aromatic rings. The highest BCUT2D eigenvalue weighted by Crippen LogP contribution is 2.33. The third-order valence-electron chi connectivity index (χ3n) is 4.86. The Morgan fingerprint density at radius 2 is 1.79 bits per heavy atom. The maximum atomic E-state index is 12.7.